The molecule has 1 aromatic heterocycles. The van der Waals surface area contributed by atoms with Crippen molar-refractivity contribution in [2.24, 2.45) is 5.92 Å². The topological polar surface area (TPSA) is 60.2 Å². The van der Waals surface area contributed by atoms with Crippen LogP contribution in [0.5, 0.6) is 0 Å². The molecule has 1 rings (SSSR count). The zero-order valence-electron chi connectivity index (χ0n) is 10.7. The quantitative estimate of drug-likeness (QED) is 0.808. The minimum atomic E-state index is -0.471. The first kappa shape index (κ1) is 13.0. The van der Waals surface area contributed by atoms with Gasteiger partial charge in [0.25, 0.3) is 0 Å². The van der Waals surface area contributed by atoms with Gasteiger partial charge in [-0.3, -0.25) is 0 Å². The van der Waals surface area contributed by atoms with E-state index in [1.54, 1.807) is 7.11 Å². The number of hydrogen-bond acceptors (Lipinski definition) is 5. The number of hydrogen-bond donors (Lipinski definition) is 1. The number of nitrogens with zero attached hydrogens (tertiary/aromatic N) is 2. The molecule has 16 heavy (non-hydrogen) atoms. The Labute approximate surface area is 96.6 Å². The zero-order chi connectivity index (χ0) is 12.2. The Bertz CT molecular complexity index is 319. The van der Waals surface area contributed by atoms with E-state index in [0.717, 1.165) is 13.0 Å². The molecule has 5 heteroatoms. The Morgan fingerprint density at radius 1 is 1.50 bits per heavy atom. The number of methoxy groups -OCH3 is 1. The van der Waals surface area contributed by atoms with Crippen LogP contribution in [0, 0.1) is 5.92 Å². The Hall–Kier alpha value is -1.10. The summed E-state index contributed by atoms with van der Waals surface area (Å²) >= 11 is 0. The van der Waals surface area contributed by atoms with Gasteiger partial charge in [0, 0.05) is 13.7 Å². The van der Waals surface area contributed by atoms with E-state index < -0.39 is 5.60 Å². The fourth-order valence-electron chi connectivity index (χ4n) is 1.20. The Kier molecular flexibility index (Phi) is 4.29. The van der Waals surface area contributed by atoms with Gasteiger partial charge >= 0.3 is 6.01 Å². The lowest BCUT2D eigenvalue weighted by molar-refractivity contribution is -0.0106. The number of anilines is 1. The van der Waals surface area contributed by atoms with Crippen molar-refractivity contribution in [3.05, 3.63) is 5.82 Å². The number of rotatable bonds is 6. The molecule has 0 saturated heterocycles. The van der Waals surface area contributed by atoms with Crippen molar-refractivity contribution in [3.63, 3.8) is 0 Å². The molecule has 0 bridgehead atoms. The Balaban J connectivity index is 2.70. The van der Waals surface area contributed by atoms with Crippen LogP contribution in [0.15, 0.2) is 4.52 Å². The summed E-state index contributed by atoms with van der Waals surface area (Å²) in [6.45, 7) is 9.04. The standard InChI is InChI=1S/C11H21N3O2/c1-6-11(4,15-5)9-13-10(16-14-9)12-7-8(2)3/h8H,6-7H2,1-5H3,(H,12,13,14). The van der Waals surface area contributed by atoms with Crippen LogP contribution in [0.1, 0.15) is 39.9 Å². The van der Waals surface area contributed by atoms with E-state index in [2.05, 4.69) is 29.3 Å². The van der Waals surface area contributed by atoms with Crippen LogP contribution in [0.2, 0.25) is 0 Å². The van der Waals surface area contributed by atoms with Crippen LogP contribution in [0.25, 0.3) is 0 Å². The van der Waals surface area contributed by atoms with Gasteiger partial charge < -0.3 is 14.6 Å². The van der Waals surface area contributed by atoms with Crippen LogP contribution < -0.4 is 5.32 Å². The smallest absolute Gasteiger partial charge is 0.321 e. The maximum absolute atomic E-state index is 5.40. The highest BCUT2D eigenvalue weighted by Crippen LogP contribution is 2.26. The van der Waals surface area contributed by atoms with Crippen molar-refractivity contribution in [2.45, 2.75) is 39.7 Å². The average Bonchev–Trinajstić information content (AvgIpc) is 2.74. The number of nitrogens with one attached hydrogen (secondary N) is 1. The fraction of sp³-hybridized carbons (Fsp3) is 0.818. The second-order valence-corrected chi connectivity index (χ2v) is 4.49. The Morgan fingerprint density at radius 3 is 2.69 bits per heavy atom. The molecule has 0 aliphatic heterocycles. The summed E-state index contributed by atoms with van der Waals surface area (Å²) in [7, 11) is 1.65. The van der Waals surface area contributed by atoms with Crippen LogP contribution in [0.3, 0.4) is 0 Å². The molecule has 1 heterocycles. The normalized spacial score (nSPS) is 15.1. The largest absolute Gasteiger partial charge is 0.370 e. The van der Waals surface area contributed by atoms with Crippen LogP contribution in [-0.4, -0.2) is 23.8 Å². The van der Waals surface area contributed by atoms with Gasteiger partial charge in [0.05, 0.1) is 0 Å². The highest BCUT2D eigenvalue weighted by molar-refractivity contribution is 5.19. The molecule has 0 aromatic carbocycles. The molecule has 0 aliphatic rings. The molecule has 92 valence electrons. The van der Waals surface area contributed by atoms with Gasteiger partial charge in [0.15, 0.2) is 0 Å². The molecule has 0 amide bonds. The van der Waals surface area contributed by atoms with Gasteiger partial charge in [-0.25, -0.2) is 0 Å². The summed E-state index contributed by atoms with van der Waals surface area (Å²) in [5.74, 6) is 1.12. The highest BCUT2D eigenvalue weighted by Gasteiger charge is 2.29. The van der Waals surface area contributed by atoms with Gasteiger partial charge in [-0.2, -0.15) is 4.98 Å². The lowest BCUT2D eigenvalue weighted by atomic mass is 10.0. The number of ether oxygens (including phenoxy) is 1. The second kappa shape index (κ2) is 5.30. The summed E-state index contributed by atoms with van der Waals surface area (Å²) in [4.78, 5) is 4.28. The van der Waals surface area contributed by atoms with Crippen molar-refractivity contribution in [2.75, 3.05) is 19.0 Å². The molecule has 0 radical (unpaired) electrons. The molecule has 1 unspecified atom stereocenters. The average molecular weight is 227 g/mol. The lowest BCUT2D eigenvalue weighted by Gasteiger charge is -2.21. The third-order valence-electron chi connectivity index (χ3n) is 2.69. The van der Waals surface area contributed by atoms with Crippen molar-refractivity contribution < 1.29 is 9.26 Å². The number of aromatic nitrogens is 2. The summed E-state index contributed by atoms with van der Waals surface area (Å²) in [5.41, 5.74) is -0.471. The van der Waals surface area contributed by atoms with Gasteiger partial charge in [-0.1, -0.05) is 25.9 Å². The predicted octanol–water partition coefficient (Wildman–Crippen LogP) is 2.41. The van der Waals surface area contributed by atoms with Crippen LogP contribution >= 0.6 is 0 Å². The maximum atomic E-state index is 5.40. The zero-order valence-corrected chi connectivity index (χ0v) is 10.7. The monoisotopic (exact) mass is 227 g/mol. The van der Waals surface area contributed by atoms with Crippen molar-refractivity contribution in [3.8, 4) is 0 Å². The first-order valence-corrected chi connectivity index (χ1v) is 5.65. The molecule has 1 aromatic rings. The van der Waals surface area contributed by atoms with E-state index in [-0.39, 0.29) is 0 Å². The second-order valence-electron chi connectivity index (χ2n) is 4.49. The van der Waals surface area contributed by atoms with Crippen molar-refractivity contribution in [1.82, 2.24) is 10.1 Å². The molecule has 0 saturated carbocycles. The van der Waals surface area contributed by atoms with E-state index in [1.807, 2.05) is 13.8 Å². The minimum absolute atomic E-state index is 0.459. The molecule has 0 spiro atoms. The van der Waals surface area contributed by atoms with Crippen LogP contribution in [-0.2, 0) is 10.3 Å². The van der Waals surface area contributed by atoms with Gasteiger partial charge in [-0.05, 0) is 19.3 Å². The SMILES string of the molecule is CCC(C)(OC)c1noc(NCC(C)C)n1. The Morgan fingerprint density at radius 2 is 2.19 bits per heavy atom. The molecule has 0 aliphatic carbocycles. The van der Waals surface area contributed by atoms with E-state index in [4.69, 9.17) is 9.26 Å². The van der Waals surface area contributed by atoms with Gasteiger partial charge in [-0.15, -0.1) is 0 Å². The molecule has 5 nitrogen and oxygen atoms in total. The third-order valence-corrected chi connectivity index (χ3v) is 2.69. The molecular formula is C11H21N3O2. The third kappa shape index (κ3) is 2.95. The molecular weight excluding hydrogens is 206 g/mol. The van der Waals surface area contributed by atoms with Gasteiger partial charge in [0.2, 0.25) is 5.82 Å². The van der Waals surface area contributed by atoms with Crippen molar-refractivity contribution in [1.29, 1.82) is 0 Å². The summed E-state index contributed by atoms with van der Waals surface area (Å²) in [6, 6.07) is 0.459. The molecule has 0 fully saturated rings. The molecule has 1 atom stereocenters. The first-order chi connectivity index (χ1) is 7.51. The summed E-state index contributed by atoms with van der Waals surface area (Å²) in [6.07, 6.45) is 0.798. The van der Waals surface area contributed by atoms with Crippen molar-refractivity contribution >= 4 is 6.01 Å². The van der Waals surface area contributed by atoms with Gasteiger partial charge in [0.1, 0.15) is 5.60 Å². The van der Waals surface area contributed by atoms with E-state index in [0.29, 0.717) is 17.8 Å². The van der Waals surface area contributed by atoms with Crippen LogP contribution in [0.4, 0.5) is 6.01 Å². The van der Waals surface area contributed by atoms with E-state index in [9.17, 15) is 0 Å². The summed E-state index contributed by atoms with van der Waals surface area (Å²) in [5, 5.41) is 7.02. The molecule has 1 N–H and O–H groups in total. The minimum Gasteiger partial charge on any atom is -0.370 e. The lowest BCUT2D eigenvalue weighted by Crippen LogP contribution is -2.24. The van der Waals surface area contributed by atoms with E-state index in [1.165, 1.54) is 0 Å². The first-order valence-electron chi connectivity index (χ1n) is 5.65. The fourth-order valence-corrected chi connectivity index (χ4v) is 1.20. The highest BCUT2D eigenvalue weighted by atomic mass is 16.5. The summed E-state index contributed by atoms with van der Waals surface area (Å²) < 4.78 is 10.5. The predicted molar refractivity (Wildman–Crippen MR) is 62.3 cm³/mol. The maximum Gasteiger partial charge on any atom is 0.321 e. The van der Waals surface area contributed by atoms with E-state index >= 15 is 0 Å².